The van der Waals surface area contributed by atoms with Gasteiger partial charge in [-0.1, -0.05) is 18.2 Å². The Morgan fingerprint density at radius 1 is 1.22 bits per heavy atom. The van der Waals surface area contributed by atoms with E-state index in [0.29, 0.717) is 18.6 Å². The van der Waals surface area contributed by atoms with Crippen LogP contribution in [0.4, 0.5) is 0 Å². The first kappa shape index (κ1) is 12.2. The lowest BCUT2D eigenvalue weighted by Gasteiger charge is -2.37. The van der Waals surface area contributed by atoms with Crippen LogP contribution >= 0.6 is 11.8 Å². The maximum Gasteiger partial charge on any atom is 0.138 e. The Kier molecular flexibility index (Phi) is 2.99. The van der Waals surface area contributed by atoms with Gasteiger partial charge in [0, 0.05) is 23.5 Å². The van der Waals surface area contributed by atoms with Crippen molar-refractivity contribution < 1.29 is 9.53 Å². The quantitative estimate of drug-likeness (QED) is 0.780. The Morgan fingerprint density at radius 3 is 2.78 bits per heavy atom. The molecule has 0 aromatic heterocycles. The van der Waals surface area contributed by atoms with Crippen LogP contribution in [0.2, 0.25) is 0 Å². The molecule has 0 amide bonds. The fourth-order valence-corrected chi connectivity index (χ4v) is 4.17. The molecule has 0 radical (unpaired) electrons. The van der Waals surface area contributed by atoms with Crippen LogP contribution in [0, 0.1) is 0 Å². The summed E-state index contributed by atoms with van der Waals surface area (Å²) in [6, 6.07) is 10.3. The van der Waals surface area contributed by atoms with Gasteiger partial charge in [0.2, 0.25) is 0 Å². The number of thioether (sulfide) groups is 1. The Bertz CT molecular complexity index is 459. The predicted molar refractivity (Wildman–Crippen MR) is 72.9 cm³/mol. The summed E-state index contributed by atoms with van der Waals surface area (Å²) in [7, 11) is 0. The molecular weight excluding hydrogens is 244 g/mol. The fraction of sp³-hybridized carbons (Fsp3) is 0.533. The van der Waals surface area contributed by atoms with Crippen LogP contribution < -0.4 is 0 Å². The zero-order chi connectivity index (χ0) is 12.6. The topological polar surface area (TPSA) is 26.3 Å². The van der Waals surface area contributed by atoms with Gasteiger partial charge in [-0.3, -0.25) is 4.79 Å². The normalized spacial score (nSPS) is 34.8. The summed E-state index contributed by atoms with van der Waals surface area (Å²) in [5.74, 6) is 1.26. The average molecular weight is 262 g/mol. The summed E-state index contributed by atoms with van der Waals surface area (Å²) < 4.78 is 6.22. The lowest BCUT2D eigenvalue weighted by atomic mass is 9.94. The maximum atomic E-state index is 11.9. The zero-order valence-electron chi connectivity index (χ0n) is 10.6. The minimum absolute atomic E-state index is 0.188. The Morgan fingerprint density at radius 2 is 2.00 bits per heavy atom. The van der Waals surface area contributed by atoms with Gasteiger partial charge >= 0.3 is 0 Å². The first-order valence-electron chi connectivity index (χ1n) is 6.49. The van der Waals surface area contributed by atoms with E-state index in [2.05, 4.69) is 19.1 Å². The van der Waals surface area contributed by atoms with Crippen molar-refractivity contribution in [3.05, 3.63) is 30.3 Å². The van der Waals surface area contributed by atoms with E-state index in [0.717, 1.165) is 18.6 Å². The molecule has 3 rings (SSSR count). The van der Waals surface area contributed by atoms with Crippen molar-refractivity contribution in [2.75, 3.05) is 5.75 Å². The number of hydrogen-bond acceptors (Lipinski definition) is 3. The van der Waals surface area contributed by atoms with Gasteiger partial charge in [-0.25, -0.2) is 0 Å². The summed E-state index contributed by atoms with van der Waals surface area (Å²) >= 11 is 1.80. The molecule has 18 heavy (non-hydrogen) atoms. The van der Waals surface area contributed by atoms with E-state index in [9.17, 15) is 4.79 Å². The molecule has 0 aliphatic carbocycles. The van der Waals surface area contributed by atoms with Crippen molar-refractivity contribution in [3.63, 3.8) is 0 Å². The van der Waals surface area contributed by atoms with Crippen molar-refractivity contribution in [2.24, 2.45) is 0 Å². The molecule has 1 aromatic carbocycles. The van der Waals surface area contributed by atoms with Crippen LogP contribution in [-0.2, 0) is 9.53 Å². The van der Waals surface area contributed by atoms with Gasteiger partial charge in [0.1, 0.15) is 5.78 Å². The van der Waals surface area contributed by atoms with E-state index in [-0.39, 0.29) is 11.2 Å². The Balaban J connectivity index is 1.71. The number of Topliss-reactive ketones (excluding diaryl/α,β-unsaturated/α-hetero) is 1. The highest BCUT2D eigenvalue weighted by molar-refractivity contribution is 7.99. The third-order valence-corrected chi connectivity index (χ3v) is 5.18. The summed E-state index contributed by atoms with van der Waals surface area (Å²) in [5, 5.41) is 0. The van der Waals surface area contributed by atoms with Gasteiger partial charge in [0.15, 0.2) is 0 Å². The molecule has 2 heterocycles. The molecule has 2 fully saturated rings. The highest BCUT2D eigenvalue weighted by atomic mass is 32.2. The van der Waals surface area contributed by atoms with Crippen molar-refractivity contribution >= 4 is 17.5 Å². The monoisotopic (exact) mass is 262 g/mol. The highest BCUT2D eigenvalue weighted by Gasteiger charge is 2.52. The maximum absolute atomic E-state index is 11.9. The zero-order valence-corrected chi connectivity index (χ0v) is 11.5. The van der Waals surface area contributed by atoms with Gasteiger partial charge in [-0.15, -0.1) is 11.8 Å². The van der Waals surface area contributed by atoms with Crippen molar-refractivity contribution in [1.29, 1.82) is 0 Å². The molecule has 0 saturated carbocycles. The smallest absolute Gasteiger partial charge is 0.138 e. The van der Waals surface area contributed by atoms with E-state index in [1.165, 1.54) is 4.90 Å². The molecule has 96 valence electrons. The van der Waals surface area contributed by atoms with Crippen LogP contribution in [0.25, 0.3) is 0 Å². The lowest BCUT2D eigenvalue weighted by molar-refractivity contribution is -0.152. The van der Waals surface area contributed by atoms with Crippen molar-refractivity contribution in [1.82, 2.24) is 0 Å². The summed E-state index contributed by atoms with van der Waals surface area (Å²) in [4.78, 5) is 13.1. The summed E-state index contributed by atoms with van der Waals surface area (Å²) in [5.41, 5.74) is -0.392. The third-order valence-electron chi connectivity index (χ3n) is 3.91. The molecule has 2 nitrogen and oxygen atoms in total. The number of rotatable bonds is 3. The molecule has 2 saturated heterocycles. The highest BCUT2D eigenvalue weighted by Crippen LogP contribution is 2.48. The molecule has 2 aliphatic heterocycles. The van der Waals surface area contributed by atoms with E-state index < -0.39 is 0 Å². The molecule has 2 atom stereocenters. The van der Waals surface area contributed by atoms with E-state index in [4.69, 9.17) is 4.74 Å². The second kappa shape index (κ2) is 4.39. The van der Waals surface area contributed by atoms with Gasteiger partial charge in [0.25, 0.3) is 0 Å². The van der Waals surface area contributed by atoms with Crippen molar-refractivity contribution in [2.45, 2.75) is 48.7 Å². The number of fused-ring (bicyclic) bond motifs is 2. The van der Waals surface area contributed by atoms with Gasteiger partial charge in [-0.2, -0.15) is 0 Å². The molecule has 2 aliphatic rings. The van der Waals surface area contributed by atoms with Gasteiger partial charge in [-0.05, 0) is 31.9 Å². The first-order chi connectivity index (χ1) is 8.59. The Hall–Kier alpha value is -0.800. The van der Waals surface area contributed by atoms with Crippen molar-refractivity contribution in [3.8, 4) is 0 Å². The van der Waals surface area contributed by atoms with Gasteiger partial charge < -0.3 is 4.74 Å². The number of ketones is 1. The molecular formula is C15H18O2S. The third kappa shape index (κ3) is 2.34. The van der Waals surface area contributed by atoms with E-state index >= 15 is 0 Å². The van der Waals surface area contributed by atoms with Crippen LogP contribution in [0.1, 0.15) is 32.6 Å². The van der Waals surface area contributed by atoms with Crippen LogP contribution in [0.3, 0.4) is 0 Å². The predicted octanol–water partition coefficient (Wildman–Crippen LogP) is 3.45. The van der Waals surface area contributed by atoms with Gasteiger partial charge in [0.05, 0.1) is 11.2 Å². The number of benzene rings is 1. The number of carbonyl (C=O) groups excluding carboxylic acids is 1. The largest absolute Gasteiger partial charge is 0.367 e. The van der Waals surface area contributed by atoms with Crippen LogP contribution in [-0.4, -0.2) is 22.7 Å². The number of carbonyl (C=O) groups is 1. The molecule has 1 aromatic rings. The molecule has 3 heteroatoms. The van der Waals surface area contributed by atoms with Crippen LogP contribution in [0.15, 0.2) is 35.2 Å². The van der Waals surface area contributed by atoms with E-state index in [1.807, 2.05) is 18.2 Å². The van der Waals surface area contributed by atoms with E-state index in [1.54, 1.807) is 11.8 Å². The second-order valence-electron chi connectivity index (χ2n) is 5.73. The lowest BCUT2D eigenvalue weighted by Crippen LogP contribution is -2.44. The van der Waals surface area contributed by atoms with Crippen LogP contribution in [0.5, 0.6) is 0 Å². The molecule has 0 unspecified atom stereocenters. The number of ether oxygens (including phenoxy) is 1. The average Bonchev–Trinajstić information content (AvgIpc) is 2.59. The SMILES string of the molecule is C[C@@]12CC[C@@](CSc3ccccc3)(CC(=O)C1)O2. The standard InChI is InChI=1S/C15H18O2S/c1-14-7-8-15(17-14,10-12(16)9-14)11-18-13-5-3-2-4-6-13/h2-6H,7-11H2,1H3/t14-,15+/m1/s1. The summed E-state index contributed by atoms with van der Waals surface area (Å²) in [6.45, 7) is 2.08. The minimum atomic E-state index is -0.204. The second-order valence-corrected chi connectivity index (χ2v) is 6.78. The first-order valence-corrected chi connectivity index (χ1v) is 7.48. The fourth-order valence-electron chi connectivity index (χ4n) is 3.09. The Labute approximate surface area is 112 Å². The molecule has 0 N–H and O–H groups in total. The molecule has 2 bridgehead atoms. The number of hydrogen-bond donors (Lipinski definition) is 0. The minimum Gasteiger partial charge on any atom is -0.367 e. The molecule has 0 spiro atoms. The summed E-state index contributed by atoms with van der Waals surface area (Å²) in [6.07, 6.45) is 3.25.